The Morgan fingerprint density at radius 3 is 2.96 bits per heavy atom. The van der Waals surface area contributed by atoms with Gasteiger partial charge in [0.1, 0.15) is 0 Å². The number of aliphatic imine (C=N–C) groups is 1. The highest BCUT2D eigenvalue weighted by Gasteiger charge is 2.67. The molecule has 5 aliphatic rings. The van der Waals surface area contributed by atoms with Gasteiger partial charge in [0.25, 0.3) is 0 Å². The fourth-order valence-corrected chi connectivity index (χ4v) is 6.41. The molecule has 1 amide bonds. The number of ether oxygens (including phenoxy) is 1. The molecule has 3 heterocycles. The first kappa shape index (κ1) is 16.8. The molecule has 0 aromatic carbocycles. The number of carbonyl (C=O) groups is 1. The standard InChI is InChI=1S/C20H32N4O2/c1-2-21-18(24-9-4-6-19(13-24)11-15(25)22-12-19)23-16-14-5-10-26-17(14)20(16)7-3-8-20/h14,16-17H,2-13H2,1H3,(H,21,23)(H,22,25). The van der Waals surface area contributed by atoms with Crippen molar-refractivity contribution < 1.29 is 9.53 Å². The van der Waals surface area contributed by atoms with Crippen LogP contribution in [-0.2, 0) is 9.53 Å². The van der Waals surface area contributed by atoms with E-state index >= 15 is 0 Å². The Labute approximate surface area is 156 Å². The van der Waals surface area contributed by atoms with E-state index in [2.05, 4.69) is 22.5 Å². The van der Waals surface area contributed by atoms with Crippen molar-refractivity contribution >= 4 is 11.9 Å². The lowest BCUT2D eigenvalue weighted by molar-refractivity contribution is -0.171. The number of carbonyl (C=O) groups excluding carboxylic acids is 1. The summed E-state index contributed by atoms with van der Waals surface area (Å²) in [5.41, 5.74) is 0.479. The maximum Gasteiger partial charge on any atom is 0.220 e. The summed E-state index contributed by atoms with van der Waals surface area (Å²) < 4.78 is 6.08. The summed E-state index contributed by atoms with van der Waals surface area (Å²) in [4.78, 5) is 19.1. The molecule has 144 valence electrons. The summed E-state index contributed by atoms with van der Waals surface area (Å²) in [7, 11) is 0. The number of guanidine groups is 1. The second kappa shape index (κ2) is 6.11. The number of piperidine rings is 1. The lowest BCUT2D eigenvalue weighted by Gasteiger charge is -2.63. The maximum absolute atomic E-state index is 11.8. The van der Waals surface area contributed by atoms with E-state index in [1.54, 1.807) is 0 Å². The van der Waals surface area contributed by atoms with Crippen molar-refractivity contribution in [2.45, 2.75) is 64.0 Å². The Morgan fingerprint density at radius 1 is 1.38 bits per heavy atom. The molecular formula is C20H32N4O2. The molecule has 3 saturated heterocycles. The monoisotopic (exact) mass is 360 g/mol. The average molecular weight is 361 g/mol. The van der Waals surface area contributed by atoms with Crippen LogP contribution in [0, 0.1) is 16.7 Å². The number of hydrogen-bond donors (Lipinski definition) is 2. The normalized spacial score (nSPS) is 41.0. The second-order valence-corrected chi connectivity index (χ2v) is 9.23. The van der Waals surface area contributed by atoms with Crippen molar-refractivity contribution in [1.82, 2.24) is 15.5 Å². The quantitative estimate of drug-likeness (QED) is 0.579. The first-order chi connectivity index (χ1) is 12.7. The molecule has 2 aliphatic carbocycles. The highest BCUT2D eigenvalue weighted by Crippen LogP contribution is 2.62. The molecule has 4 unspecified atom stereocenters. The van der Waals surface area contributed by atoms with Gasteiger partial charge in [-0.05, 0) is 39.0 Å². The molecule has 2 saturated carbocycles. The Kier molecular flexibility index (Phi) is 3.96. The molecule has 0 aromatic heterocycles. The minimum Gasteiger partial charge on any atom is -0.377 e. The lowest BCUT2D eigenvalue weighted by atomic mass is 9.46. The van der Waals surface area contributed by atoms with Gasteiger partial charge in [0.2, 0.25) is 5.91 Å². The fraction of sp³-hybridized carbons (Fsp3) is 0.900. The van der Waals surface area contributed by atoms with E-state index in [-0.39, 0.29) is 11.3 Å². The van der Waals surface area contributed by atoms with Crippen molar-refractivity contribution in [2.24, 2.45) is 21.7 Å². The number of fused-ring (bicyclic) bond motifs is 2. The van der Waals surface area contributed by atoms with Crippen LogP contribution in [0.4, 0.5) is 0 Å². The molecule has 26 heavy (non-hydrogen) atoms. The summed E-state index contributed by atoms with van der Waals surface area (Å²) in [6.45, 7) is 6.66. The minimum atomic E-state index is 0.109. The van der Waals surface area contributed by atoms with Crippen LogP contribution in [0.15, 0.2) is 4.99 Å². The van der Waals surface area contributed by atoms with Gasteiger partial charge in [-0.1, -0.05) is 6.42 Å². The summed E-state index contributed by atoms with van der Waals surface area (Å²) >= 11 is 0. The van der Waals surface area contributed by atoms with Gasteiger partial charge < -0.3 is 20.3 Å². The summed E-state index contributed by atoms with van der Waals surface area (Å²) in [5, 5.41) is 6.95. The van der Waals surface area contributed by atoms with Crippen molar-refractivity contribution in [2.75, 3.05) is 32.8 Å². The van der Waals surface area contributed by atoms with Gasteiger partial charge in [-0.15, -0.1) is 0 Å². The van der Waals surface area contributed by atoms with Crippen LogP contribution in [0.5, 0.6) is 0 Å². The Hall–Kier alpha value is -1.30. The van der Waals surface area contributed by atoms with Crippen LogP contribution in [-0.4, -0.2) is 61.7 Å². The first-order valence-corrected chi connectivity index (χ1v) is 10.6. The molecule has 0 radical (unpaired) electrons. The molecule has 0 bridgehead atoms. The number of amides is 1. The highest BCUT2D eigenvalue weighted by atomic mass is 16.5. The van der Waals surface area contributed by atoms with Gasteiger partial charge in [-0.25, -0.2) is 0 Å². The summed E-state index contributed by atoms with van der Waals surface area (Å²) in [5.74, 6) is 1.95. The lowest BCUT2D eigenvalue weighted by Crippen LogP contribution is -2.73. The number of nitrogens with zero attached hydrogens (tertiary/aromatic N) is 2. The molecule has 6 heteroatoms. The molecule has 5 rings (SSSR count). The van der Waals surface area contributed by atoms with Crippen molar-refractivity contribution in [1.29, 1.82) is 0 Å². The fourth-order valence-electron chi connectivity index (χ4n) is 6.41. The molecule has 3 aliphatic heterocycles. The second-order valence-electron chi connectivity index (χ2n) is 9.23. The van der Waals surface area contributed by atoms with Crippen LogP contribution in [0.1, 0.15) is 51.9 Å². The molecule has 2 N–H and O–H groups in total. The van der Waals surface area contributed by atoms with Crippen LogP contribution in [0.3, 0.4) is 0 Å². The van der Waals surface area contributed by atoms with E-state index < -0.39 is 0 Å². The van der Waals surface area contributed by atoms with E-state index in [0.717, 1.165) is 51.6 Å². The predicted octanol–water partition coefficient (Wildman–Crippen LogP) is 1.51. The van der Waals surface area contributed by atoms with Crippen LogP contribution in [0.2, 0.25) is 0 Å². The third-order valence-electron chi connectivity index (χ3n) is 7.79. The number of likely N-dealkylation sites (tertiary alicyclic amines) is 1. The Balaban J connectivity index is 1.33. The van der Waals surface area contributed by atoms with Gasteiger partial charge in [-0.2, -0.15) is 0 Å². The number of nitrogens with one attached hydrogen (secondary N) is 2. The first-order valence-electron chi connectivity index (χ1n) is 10.6. The van der Waals surface area contributed by atoms with E-state index in [4.69, 9.17) is 9.73 Å². The average Bonchev–Trinajstić information content (AvgIpc) is 3.15. The van der Waals surface area contributed by atoms with Crippen molar-refractivity contribution in [3.63, 3.8) is 0 Å². The van der Waals surface area contributed by atoms with Crippen LogP contribution in [0.25, 0.3) is 0 Å². The third-order valence-corrected chi connectivity index (χ3v) is 7.79. The SMILES string of the molecule is CCN=C(NC1C2CCOC2C12CCC2)N1CCCC2(CNC(=O)C2)C1. The molecular weight excluding hydrogens is 328 g/mol. The largest absolute Gasteiger partial charge is 0.377 e. The molecule has 5 fully saturated rings. The predicted molar refractivity (Wildman–Crippen MR) is 99.9 cm³/mol. The zero-order valence-corrected chi connectivity index (χ0v) is 15.9. The zero-order chi connectivity index (χ0) is 17.8. The summed E-state index contributed by atoms with van der Waals surface area (Å²) in [6.07, 6.45) is 8.58. The van der Waals surface area contributed by atoms with Gasteiger partial charge in [-0.3, -0.25) is 9.79 Å². The highest BCUT2D eigenvalue weighted by molar-refractivity contribution is 5.82. The van der Waals surface area contributed by atoms with Gasteiger partial charge in [0.15, 0.2) is 5.96 Å². The van der Waals surface area contributed by atoms with E-state index in [9.17, 15) is 4.79 Å². The van der Waals surface area contributed by atoms with Gasteiger partial charge in [0, 0.05) is 62.0 Å². The zero-order valence-electron chi connectivity index (χ0n) is 15.9. The number of hydrogen-bond acceptors (Lipinski definition) is 3. The third kappa shape index (κ3) is 2.40. The topological polar surface area (TPSA) is 66.0 Å². The van der Waals surface area contributed by atoms with Crippen molar-refractivity contribution in [3.05, 3.63) is 0 Å². The van der Waals surface area contributed by atoms with Crippen LogP contribution < -0.4 is 10.6 Å². The smallest absolute Gasteiger partial charge is 0.220 e. The molecule has 0 aromatic rings. The van der Waals surface area contributed by atoms with Gasteiger partial charge in [0.05, 0.1) is 6.10 Å². The van der Waals surface area contributed by atoms with Crippen molar-refractivity contribution in [3.8, 4) is 0 Å². The minimum absolute atomic E-state index is 0.109. The Morgan fingerprint density at radius 2 is 2.27 bits per heavy atom. The van der Waals surface area contributed by atoms with Gasteiger partial charge >= 0.3 is 0 Å². The maximum atomic E-state index is 11.8. The molecule has 2 spiro atoms. The number of rotatable bonds is 2. The Bertz CT molecular complexity index is 617. The molecule has 4 atom stereocenters. The molecule has 6 nitrogen and oxygen atoms in total. The van der Waals surface area contributed by atoms with E-state index in [1.165, 1.54) is 25.7 Å². The summed E-state index contributed by atoms with van der Waals surface area (Å²) in [6, 6.07) is 0.523. The van der Waals surface area contributed by atoms with Crippen LogP contribution >= 0.6 is 0 Å². The van der Waals surface area contributed by atoms with E-state index in [1.807, 2.05) is 0 Å². The van der Waals surface area contributed by atoms with E-state index in [0.29, 0.717) is 29.9 Å².